The topological polar surface area (TPSA) is 58.6 Å². The van der Waals surface area contributed by atoms with E-state index in [9.17, 15) is 9.59 Å². The van der Waals surface area contributed by atoms with Crippen LogP contribution < -0.4 is 5.32 Å². The Bertz CT molecular complexity index is 303. The molecule has 0 aromatic heterocycles. The van der Waals surface area contributed by atoms with Crippen molar-refractivity contribution in [1.82, 2.24) is 10.4 Å². The Kier molecular flexibility index (Phi) is 7.79. The van der Waals surface area contributed by atoms with E-state index in [1.165, 1.54) is 5.06 Å². The van der Waals surface area contributed by atoms with Gasteiger partial charge in [0.1, 0.15) is 0 Å². The lowest BCUT2D eigenvalue weighted by Gasteiger charge is -2.26. The van der Waals surface area contributed by atoms with E-state index < -0.39 is 0 Å². The van der Waals surface area contributed by atoms with Crippen LogP contribution in [0.25, 0.3) is 0 Å². The maximum absolute atomic E-state index is 11.6. The van der Waals surface area contributed by atoms with Gasteiger partial charge in [-0.2, -0.15) is 0 Å². The summed E-state index contributed by atoms with van der Waals surface area (Å²) in [4.78, 5) is 27.9. The van der Waals surface area contributed by atoms with Gasteiger partial charge in [0.05, 0.1) is 5.60 Å². The minimum atomic E-state index is -0.368. The van der Waals surface area contributed by atoms with Crippen molar-refractivity contribution in [3.05, 3.63) is 0 Å². The largest absolute Gasteiger partial charge is 0.352 e. The molecule has 0 aliphatic carbocycles. The molecule has 0 aliphatic heterocycles. The average molecular weight is 286 g/mol. The van der Waals surface area contributed by atoms with Crippen LogP contribution in [0.4, 0.5) is 0 Å². The van der Waals surface area contributed by atoms with Crippen molar-refractivity contribution in [1.29, 1.82) is 0 Å². The standard InChI is InChI=1S/C15H30N2O3/c1-14(2,3)16-13(19)10-8-7-9-11-17(12-18)20-15(4,5)6/h12H,7-11H2,1-6H3,(H,16,19). The maximum Gasteiger partial charge on any atom is 0.233 e. The van der Waals surface area contributed by atoms with Crippen LogP contribution in [0.5, 0.6) is 0 Å². The first-order chi connectivity index (χ1) is 9.03. The van der Waals surface area contributed by atoms with E-state index in [0.29, 0.717) is 19.4 Å². The van der Waals surface area contributed by atoms with Crippen LogP contribution in [0.3, 0.4) is 0 Å². The van der Waals surface area contributed by atoms with Crippen LogP contribution in [-0.4, -0.2) is 35.1 Å². The molecule has 0 spiro atoms. The van der Waals surface area contributed by atoms with Gasteiger partial charge in [0.25, 0.3) is 0 Å². The molecule has 0 heterocycles. The zero-order valence-corrected chi connectivity index (χ0v) is 13.8. The fourth-order valence-electron chi connectivity index (χ4n) is 1.68. The highest BCUT2D eigenvalue weighted by atomic mass is 16.7. The summed E-state index contributed by atoms with van der Waals surface area (Å²) < 4.78 is 0. The quantitative estimate of drug-likeness (QED) is 0.424. The van der Waals surface area contributed by atoms with Crippen LogP contribution in [0, 0.1) is 0 Å². The summed E-state index contributed by atoms with van der Waals surface area (Å²) in [7, 11) is 0. The Morgan fingerprint density at radius 3 is 2.15 bits per heavy atom. The molecule has 2 amide bonds. The lowest BCUT2D eigenvalue weighted by atomic mass is 10.1. The van der Waals surface area contributed by atoms with E-state index in [1.54, 1.807) is 0 Å². The molecule has 5 heteroatoms. The van der Waals surface area contributed by atoms with Crippen LogP contribution in [0.2, 0.25) is 0 Å². The minimum absolute atomic E-state index is 0.0793. The molecule has 0 radical (unpaired) electrons. The summed E-state index contributed by atoms with van der Waals surface area (Å²) in [5.74, 6) is 0.0793. The number of hydroxylamine groups is 2. The number of amides is 2. The third-order valence-electron chi connectivity index (χ3n) is 2.31. The minimum Gasteiger partial charge on any atom is -0.352 e. The van der Waals surface area contributed by atoms with Crippen molar-refractivity contribution in [3.8, 4) is 0 Å². The molecule has 0 aliphatic rings. The second-order valence-corrected chi connectivity index (χ2v) is 7.06. The lowest BCUT2D eigenvalue weighted by molar-refractivity contribution is -0.216. The molecule has 5 nitrogen and oxygen atoms in total. The highest BCUT2D eigenvalue weighted by Gasteiger charge is 2.16. The van der Waals surface area contributed by atoms with E-state index in [4.69, 9.17) is 4.84 Å². The normalized spacial score (nSPS) is 12.1. The Labute approximate surface area is 123 Å². The summed E-state index contributed by atoms with van der Waals surface area (Å²) in [6.45, 7) is 12.2. The summed E-state index contributed by atoms with van der Waals surface area (Å²) in [6, 6.07) is 0. The van der Waals surface area contributed by atoms with Gasteiger partial charge in [-0.15, -0.1) is 0 Å². The Balaban J connectivity index is 3.75. The molecule has 0 bridgehead atoms. The number of unbranched alkanes of at least 4 members (excludes halogenated alkanes) is 2. The predicted molar refractivity (Wildman–Crippen MR) is 80.0 cm³/mol. The highest BCUT2D eigenvalue weighted by Crippen LogP contribution is 2.10. The van der Waals surface area contributed by atoms with E-state index in [0.717, 1.165) is 19.3 Å². The average Bonchev–Trinajstić information content (AvgIpc) is 2.22. The number of hydrogen-bond acceptors (Lipinski definition) is 3. The Morgan fingerprint density at radius 2 is 1.70 bits per heavy atom. The van der Waals surface area contributed by atoms with Crippen molar-refractivity contribution >= 4 is 12.3 Å². The second-order valence-electron chi connectivity index (χ2n) is 7.06. The molecular formula is C15H30N2O3. The first-order valence-corrected chi connectivity index (χ1v) is 7.25. The van der Waals surface area contributed by atoms with Gasteiger partial charge in [-0.25, -0.2) is 5.06 Å². The van der Waals surface area contributed by atoms with E-state index in [2.05, 4.69) is 5.32 Å². The van der Waals surface area contributed by atoms with Gasteiger partial charge in [-0.1, -0.05) is 6.42 Å². The van der Waals surface area contributed by atoms with Gasteiger partial charge < -0.3 is 5.32 Å². The van der Waals surface area contributed by atoms with Crippen molar-refractivity contribution in [2.75, 3.05) is 6.54 Å². The SMILES string of the molecule is CC(C)(C)NC(=O)CCCCCN(C=O)OC(C)(C)C. The van der Waals surface area contributed by atoms with Crippen LogP contribution in [0.15, 0.2) is 0 Å². The second kappa shape index (κ2) is 8.25. The molecule has 20 heavy (non-hydrogen) atoms. The van der Waals surface area contributed by atoms with Gasteiger partial charge in [-0.3, -0.25) is 14.4 Å². The van der Waals surface area contributed by atoms with Gasteiger partial charge in [0.15, 0.2) is 0 Å². The number of rotatable bonds is 8. The first kappa shape index (κ1) is 18.9. The zero-order valence-electron chi connectivity index (χ0n) is 13.8. The van der Waals surface area contributed by atoms with Gasteiger partial charge in [0.2, 0.25) is 12.3 Å². The molecule has 1 N–H and O–H groups in total. The van der Waals surface area contributed by atoms with Crippen LogP contribution in [-0.2, 0) is 14.4 Å². The van der Waals surface area contributed by atoms with E-state index in [1.807, 2.05) is 41.5 Å². The summed E-state index contributed by atoms with van der Waals surface area (Å²) in [5.41, 5.74) is -0.542. The molecule has 0 fully saturated rings. The fraction of sp³-hybridized carbons (Fsp3) is 0.867. The Morgan fingerprint density at radius 1 is 1.10 bits per heavy atom. The monoisotopic (exact) mass is 286 g/mol. The van der Waals surface area contributed by atoms with Crippen molar-refractivity contribution < 1.29 is 14.4 Å². The molecule has 0 aromatic rings. The highest BCUT2D eigenvalue weighted by molar-refractivity contribution is 5.76. The molecule has 0 unspecified atom stereocenters. The van der Waals surface area contributed by atoms with E-state index in [-0.39, 0.29) is 17.0 Å². The summed E-state index contributed by atoms with van der Waals surface area (Å²) in [5, 5.41) is 4.26. The summed E-state index contributed by atoms with van der Waals surface area (Å²) >= 11 is 0. The first-order valence-electron chi connectivity index (χ1n) is 7.25. The van der Waals surface area contributed by atoms with Gasteiger partial charge >= 0.3 is 0 Å². The van der Waals surface area contributed by atoms with Crippen molar-refractivity contribution in [2.24, 2.45) is 0 Å². The number of carbonyl (C=O) groups excluding carboxylic acids is 2. The molecule has 0 saturated carbocycles. The molecular weight excluding hydrogens is 256 g/mol. The summed E-state index contributed by atoms with van der Waals surface area (Å²) in [6.07, 6.45) is 3.78. The van der Waals surface area contributed by atoms with Gasteiger partial charge in [0, 0.05) is 18.5 Å². The molecule has 0 saturated heterocycles. The van der Waals surface area contributed by atoms with Crippen molar-refractivity contribution in [3.63, 3.8) is 0 Å². The molecule has 118 valence electrons. The Hall–Kier alpha value is -1.10. The molecule has 0 rings (SSSR count). The van der Waals surface area contributed by atoms with Crippen molar-refractivity contribution in [2.45, 2.75) is 78.4 Å². The molecule has 0 aromatic carbocycles. The third-order valence-corrected chi connectivity index (χ3v) is 2.31. The number of nitrogens with zero attached hydrogens (tertiary/aromatic N) is 1. The molecule has 0 atom stereocenters. The van der Waals surface area contributed by atoms with Crippen LogP contribution >= 0.6 is 0 Å². The third kappa shape index (κ3) is 12.0. The predicted octanol–water partition coefficient (Wildman–Crippen LogP) is 2.65. The number of hydrogen-bond donors (Lipinski definition) is 1. The van der Waals surface area contributed by atoms with Crippen LogP contribution in [0.1, 0.15) is 67.2 Å². The smallest absolute Gasteiger partial charge is 0.233 e. The zero-order chi connectivity index (χ0) is 15.8. The fourth-order valence-corrected chi connectivity index (χ4v) is 1.68. The maximum atomic E-state index is 11.6. The number of carbonyl (C=O) groups is 2. The lowest BCUT2D eigenvalue weighted by Crippen LogP contribution is -2.40. The number of nitrogens with one attached hydrogen (secondary N) is 1. The van der Waals surface area contributed by atoms with E-state index >= 15 is 0 Å². The van der Waals surface area contributed by atoms with Gasteiger partial charge in [-0.05, 0) is 54.4 Å².